The largest absolute Gasteiger partial charge is 0.463 e. The van der Waals surface area contributed by atoms with Gasteiger partial charge in [0.2, 0.25) is 18.1 Å². The minimum absolute atomic E-state index is 0.0156. The predicted octanol–water partition coefficient (Wildman–Crippen LogP) is 3.84. The molecule has 258 valence electrons. The van der Waals surface area contributed by atoms with E-state index < -0.39 is 72.8 Å². The zero-order valence-corrected chi connectivity index (χ0v) is 27.3. The van der Waals surface area contributed by atoms with E-state index in [4.69, 9.17) is 42.0 Å². The van der Waals surface area contributed by atoms with E-state index in [1.54, 1.807) is 19.9 Å². The average Bonchev–Trinajstić information content (AvgIpc) is 3.39. The quantitative estimate of drug-likeness (QED) is 0.107. The molecule has 0 aliphatic carbocycles. The van der Waals surface area contributed by atoms with E-state index in [9.17, 15) is 28.8 Å². The number of carbonyl (C=O) groups is 5. The lowest BCUT2D eigenvalue weighted by atomic mass is 9.98. The van der Waals surface area contributed by atoms with E-state index in [0.29, 0.717) is 16.3 Å². The van der Waals surface area contributed by atoms with E-state index in [0.717, 1.165) is 33.3 Å². The highest BCUT2D eigenvalue weighted by molar-refractivity contribution is 6.05. The van der Waals surface area contributed by atoms with Gasteiger partial charge < -0.3 is 42.0 Å². The summed E-state index contributed by atoms with van der Waals surface area (Å²) in [6, 6.07) is 8.90. The number of esters is 5. The lowest BCUT2D eigenvalue weighted by Gasteiger charge is -2.44. The highest BCUT2D eigenvalue weighted by atomic mass is 16.7. The van der Waals surface area contributed by atoms with Crippen LogP contribution in [0.15, 0.2) is 56.3 Å². The Labute approximate surface area is 277 Å². The summed E-state index contributed by atoms with van der Waals surface area (Å²) in [4.78, 5) is 74.3. The van der Waals surface area contributed by atoms with Crippen molar-refractivity contribution in [3.63, 3.8) is 0 Å². The van der Waals surface area contributed by atoms with Crippen LogP contribution in [0.2, 0.25) is 0 Å². The fourth-order valence-corrected chi connectivity index (χ4v) is 5.41. The zero-order chi connectivity index (χ0) is 35.6. The Morgan fingerprint density at radius 1 is 0.755 bits per heavy atom. The number of hydrogen-bond donors (Lipinski definition) is 0. The number of aryl methyl sites for hydroxylation is 2. The summed E-state index contributed by atoms with van der Waals surface area (Å²) in [5.41, 5.74) is 0.644. The first kappa shape index (κ1) is 34.6. The monoisotopic (exact) mass is 680 g/mol. The van der Waals surface area contributed by atoms with Crippen molar-refractivity contribution in [1.29, 1.82) is 0 Å². The molecule has 0 amide bonds. The molecule has 1 saturated heterocycles. The van der Waals surface area contributed by atoms with E-state index in [1.165, 1.54) is 36.6 Å². The molecule has 2 aromatic heterocycles. The lowest BCUT2D eigenvalue weighted by molar-refractivity contribution is -0.288. The van der Waals surface area contributed by atoms with Crippen LogP contribution in [-0.4, -0.2) is 67.2 Å². The van der Waals surface area contributed by atoms with Gasteiger partial charge in [0.25, 0.3) is 0 Å². The minimum Gasteiger partial charge on any atom is -0.463 e. The van der Waals surface area contributed by atoms with Gasteiger partial charge in [0.1, 0.15) is 24.0 Å². The first-order chi connectivity index (χ1) is 23.2. The Hall–Kier alpha value is -5.70. The Morgan fingerprint density at radius 3 is 2.06 bits per heavy atom. The molecule has 0 radical (unpaired) electrons. The van der Waals surface area contributed by atoms with Gasteiger partial charge in [-0.05, 0) is 43.2 Å². The van der Waals surface area contributed by atoms with Crippen LogP contribution in [-0.2, 0) is 42.9 Å². The second kappa shape index (κ2) is 14.2. The number of fused-ring (bicyclic) bond motifs is 2. The first-order valence-corrected chi connectivity index (χ1v) is 15.0. The van der Waals surface area contributed by atoms with Gasteiger partial charge in [0.15, 0.2) is 23.4 Å². The summed E-state index contributed by atoms with van der Waals surface area (Å²) >= 11 is 0. The van der Waals surface area contributed by atoms with Gasteiger partial charge in [-0.1, -0.05) is 12.1 Å². The molecule has 3 heterocycles. The normalized spacial score (nSPS) is 20.3. The highest BCUT2D eigenvalue weighted by Crippen LogP contribution is 2.39. The molecule has 1 aliphatic heterocycles. The molecule has 0 saturated carbocycles. The lowest BCUT2D eigenvalue weighted by Crippen LogP contribution is -2.63. The van der Waals surface area contributed by atoms with Crippen LogP contribution < -0.4 is 15.1 Å². The third-order valence-corrected chi connectivity index (χ3v) is 7.42. The maximum Gasteiger partial charge on any atom is 0.347 e. The molecule has 0 spiro atoms. The average molecular weight is 681 g/mol. The number of carbonyl (C=O) groups excluding carboxylic acids is 5. The molecule has 0 unspecified atom stereocenters. The predicted molar refractivity (Wildman–Crippen MR) is 166 cm³/mol. The zero-order valence-electron chi connectivity index (χ0n) is 27.3. The molecule has 0 N–H and O–H groups in total. The van der Waals surface area contributed by atoms with Crippen molar-refractivity contribution in [1.82, 2.24) is 0 Å². The highest BCUT2D eigenvalue weighted by Gasteiger charge is 2.53. The Balaban J connectivity index is 1.55. The molecule has 49 heavy (non-hydrogen) atoms. The molecule has 1 fully saturated rings. The van der Waals surface area contributed by atoms with Crippen molar-refractivity contribution in [2.75, 3.05) is 6.61 Å². The number of para-hydroxylation sites is 1. The van der Waals surface area contributed by atoms with E-state index in [1.807, 2.05) is 0 Å². The van der Waals surface area contributed by atoms with Gasteiger partial charge in [-0.2, -0.15) is 0 Å². The summed E-state index contributed by atoms with van der Waals surface area (Å²) in [5, 5.41) is 1.13. The van der Waals surface area contributed by atoms with Crippen molar-refractivity contribution < 1.29 is 66.0 Å². The third-order valence-electron chi connectivity index (χ3n) is 7.42. The Morgan fingerprint density at radius 2 is 1.39 bits per heavy atom. The smallest absolute Gasteiger partial charge is 0.347 e. The van der Waals surface area contributed by atoms with Crippen LogP contribution in [0.4, 0.5) is 0 Å². The Kier molecular flexibility index (Phi) is 10.0. The maximum absolute atomic E-state index is 13.9. The van der Waals surface area contributed by atoms with Crippen LogP contribution >= 0.6 is 0 Å². The molecular formula is C34H32O15. The van der Waals surface area contributed by atoms with Crippen LogP contribution in [0.5, 0.6) is 11.5 Å². The summed E-state index contributed by atoms with van der Waals surface area (Å²) in [6.45, 7) is 7.44. The molecular weight excluding hydrogens is 648 g/mol. The minimum atomic E-state index is -1.62. The number of benzene rings is 2. The van der Waals surface area contributed by atoms with E-state index in [2.05, 4.69) is 0 Å². The first-order valence-electron chi connectivity index (χ1n) is 15.0. The van der Waals surface area contributed by atoms with Gasteiger partial charge in [-0.25, -0.2) is 9.59 Å². The van der Waals surface area contributed by atoms with Crippen LogP contribution in [0, 0.1) is 13.8 Å². The van der Waals surface area contributed by atoms with Crippen molar-refractivity contribution in [2.45, 2.75) is 72.2 Å². The van der Waals surface area contributed by atoms with Crippen molar-refractivity contribution >= 4 is 51.8 Å². The molecule has 5 atom stereocenters. The number of rotatable bonds is 9. The van der Waals surface area contributed by atoms with E-state index >= 15 is 0 Å². The van der Waals surface area contributed by atoms with Crippen LogP contribution in [0.25, 0.3) is 21.9 Å². The molecule has 15 nitrogen and oxygen atoms in total. The van der Waals surface area contributed by atoms with Crippen molar-refractivity contribution in [3.8, 4) is 11.5 Å². The molecule has 1 aliphatic rings. The maximum atomic E-state index is 13.9. The van der Waals surface area contributed by atoms with Gasteiger partial charge in [0, 0.05) is 44.5 Å². The van der Waals surface area contributed by atoms with Crippen molar-refractivity contribution in [2.24, 2.45) is 0 Å². The van der Waals surface area contributed by atoms with Crippen LogP contribution in [0.3, 0.4) is 0 Å². The fourth-order valence-electron chi connectivity index (χ4n) is 5.41. The second-order valence-electron chi connectivity index (χ2n) is 11.2. The van der Waals surface area contributed by atoms with Gasteiger partial charge in [-0.15, -0.1) is 0 Å². The topological polar surface area (TPSA) is 193 Å². The van der Waals surface area contributed by atoms with Gasteiger partial charge in [0.05, 0.1) is 6.26 Å². The third kappa shape index (κ3) is 7.56. The summed E-state index contributed by atoms with van der Waals surface area (Å²) in [5.74, 6) is -4.40. The summed E-state index contributed by atoms with van der Waals surface area (Å²) in [7, 11) is 0. The van der Waals surface area contributed by atoms with Crippen LogP contribution in [0.1, 0.15) is 49.2 Å². The fraction of sp³-hybridized carbons (Fsp3) is 0.353. The molecule has 15 heteroatoms. The molecule has 2 aromatic carbocycles. The van der Waals surface area contributed by atoms with Crippen molar-refractivity contribution in [3.05, 3.63) is 69.8 Å². The van der Waals surface area contributed by atoms with Gasteiger partial charge in [-0.3, -0.25) is 19.2 Å². The Bertz CT molecular complexity index is 2000. The summed E-state index contributed by atoms with van der Waals surface area (Å²) in [6.07, 6.45) is -5.90. The van der Waals surface area contributed by atoms with E-state index in [-0.39, 0.29) is 28.2 Å². The second-order valence-corrected chi connectivity index (χ2v) is 11.2. The SMILES string of the molecule is CC(=O)OC[C@H]1O[C@@H](Oc2ccccc2C(=O)Oc2c3occ(C)c3cc3c(C)cc(=O)oc23)[C@H](OC(C)=O)[C@@H](OC(C)=O)[C@@H]1OC(C)=O. The molecule has 5 rings (SSSR count). The molecule has 4 aromatic rings. The number of hydrogen-bond acceptors (Lipinski definition) is 15. The number of ether oxygens (including phenoxy) is 7. The summed E-state index contributed by atoms with van der Waals surface area (Å²) < 4.78 is 50.5. The standard InChI is InChI=1S/C34H32O15/c1-15-11-26(39)48-28-22(15)12-23-16(2)13-42-27(23)30(28)49-33(40)21-9-7-8-10-24(21)46-34-32(45-20(6)38)31(44-19(5)37)29(43-18(4)36)25(47-34)14-41-17(3)35/h7-13,25,29,31-32,34H,14H2,1-6H3/t25-,29-,31+,32-,34-/m1/s1. The number of furan rings is 1. The van der Waals surface area contributed by atoms with Gasteiger partial charge >= 0.3 is 35.5 Å². The molecule has 0 bridgehead atoms.